The Kier molecular flexibility index (Phi) is 4.44. The third-order valence-corrected chi connectivity index (χ3v) is 4.07. The molecule has 0 spiro atoms. The fourth-order valence-corrected chi connectivity index (χ4v) is 3.14. The molecule has 0 saturated carbocycles. The van der Waals surface area contributed by atoms with E-state index < -0.39 is 11.9 Å². The average Bonchev–Trinajstić information content (AvgIpc) is 2.81. The first kappa shape index (κ1) is 15.4. The predicted molar refractivity (Wildman–Crippen MR) is 73.2 cm³/mol. The molecule has 2 atom stereocenters. The van der Waals surface area contributed by atoms with Crippen molar-refractivity contribution in [3.63, 3.8) is 0 Å². The quantitative estimate of drug-likeness (QED) is 0.864. The van der Waals surface area contributed by atoms with Gasteiger partial charge >= 0.3 is 6.18 Å². The van der Waals surface area contributed by atoms with Crippen molar-refractivity contribution in [3.05, 3.63) is 24.0 Å². The number of aromatic nitrogens is 1. The number of hydrogen-bond donors (Lipinski definition) is 1. The van der Waals surface area contributed by atoms with Crippen LogP contribution in [0.3, 0.4) is 0 Å². The molecule has 3 nitrogen and oxygen atoms in total. The summed E-state index contributed by atoms with van der Waals surface area (Å²) in [6.07, 6.45) is -2.14. The van der Waals surface area contributed by atoms with Crippen molar-refractivity contribution >= 4 is 18.1 Å². The van der Waals surface area contributed by atoms with Gasteiger partial charge < -0.3 is 10.2 Å². The first-order valence-electron chi connectivity index (χ1n) is 6.53. The summed E-state index contributed by atoms with van der Waals surface area (Å²) in [4.78, 5) is 5.37. The van der Waals surface area contributed by atoms with Gasteiger partial charge in [0.05, 0.1) is 5.69 Å². The van der Waals surface area contributed by atoms with E-state index in [1.165, 1.54) is 12.3 Å². The number of alkyl halides is 3. The van der Waals surface area contributed by atoms with Gasteiger partial charge in [0.2, 0.25) is 0 Å². The largest absolute Gasteiger partial charge is 0.435 e. The second-order valence-corrected chi connectivity index (χ2v) is 5.29. The van der Waals surface area contributed by atoms with Crippen LogP contribution in [-0.4, -0.2) is 31.2 Å². The zero-order valence-corrected chi connectivity index (χ0v) is 11.7. The average molecular weight is 308 g/mol. The minimum atomic E-state index is -4.39. The van der Waals surface area contributed by atoms with Gasteiger partial charge in [-0.05, 0) is 43.5 Å². The maximum atomic E-state index is 13.0. The standard InChI is InChI=1S/C13H16F3N3.ClH/c14-13(15,16)12-11(2-1-4-18-12)19-7-9-3-5-17-6-10(9)8-19;/h1-2,4,9-10,17H,3,5-8H2;1H/t9-,10+;/m0./s1. The van der Waals surface area contributed by atoms with E-state index in [1.54, 1.807) is 6.07 Å². The highest BCUT2D eigenvalue weighted by Crippen LogP contribution is 2.38. The zero-order valence-electron chi connectivity index (χ0n) is 10.9. The van der Waals surface area contributed by atoms with Gasteiger partial charge in [0.15, 0.2) is 5.69 Å². The molecule has 3 heterocycles. The lowest BCUT2D eigenvalue weighted by atomic mass is 9.90. The summed E-state index contributed by atoms with van der Waals surface area (Å²) in [5, 5.41) is 3.31. The van der Waals surface area contributed by atoms with Gasteiger partial charge in [-0.1, -0.05) is 0 Å². The summed E-state index contributed by atoms with van der Waals surface area (Å²) >= 11 is 0. The van der Waals surface area contributed by atoms with Gasteiger partial charge in [0.1, 0.15) is 0 Å². The first-order chi connectivity index (χ1) is 9.05. The van der Waals surface area contributed by atoms with Crippen LogP contribution in [0.1, 0.15) is 12.1 Å². The number of halogens is 4. The van der Waals surface area contributed by atoms with Crippen molar-refractivity contribution in [2.75, 3.05) is 31.1 Å². The minimum Gasteiger partial charge on any atom is -0.369 e. The molecule has 0 bridgehead atoms. The number of rotatable bonds is 1. The van der Waals surface area contributed by atoms with Gasteiger partial charge in [-0.2, -0.15) is 13.2 Å². The van der Waals surface area contributed by atoms with Crippen LogP contribution in [0.4, 0.5) is 18.9 Å². The highest BCUT2D eigenvalue weighted by Gasteiger charge is 2.40. The second-order valence-electron chi connectivity index (χ2n) is 5.29. The Labute approximate surface area is 122 Å². The van der Waals surface area contributed by atoms with Gasteiger partial charge in [-0.25, -0.2) is 4.98 Å². The van der Waals surface area contributed by atoms with E-state index in [0.29, 0.717) is 24.9 Å². The number of fused-ring (bicyclic) bond motifs is 1. The van der Waals surface area contributed by atoms with E-state index in [9.17, 15) is 13.2 Å². The van der Waals surface area contributed by atoms with Gasteiger partial charge in [0.25, 0.3) is 0 Å². The highest BCUT2D eigenvalue weighted by atomic mass is 35.5. The maximum absolute atomic E-state index is 13.0. The van der Waals surface area contributed by atoms with Crippen molar-refractivity contribution in [2.45, 2.75) is 12.6 Å². The van der Waals surface area contributed by atoms with Crippen LogP contribution in [-0.2, 0) is 6.18 Å². The molecule has 2 saturated heterocycles. The first-order valence-corrected chi connectivity index (χ1v) is 6.53. The molecule has 0 amide bonds. The highest BCUT2D eigenvalue weighted by molar-refractivity contribution is 5.85. The third kappa shape index (κ3) is 2.86. The molecule has 0 aromatic carbocycles. The normalized spacial score (nSPS) is 26.1. The van der Waals surface area contributed by atoms with E-state index >= 15 is 0 Å². The van der Waals surface area contributed by atoms with E-state index in [2.05, 4.69) is 10.3 Å². The topological polar surface area (TPSA) is 28.2 Å². The lowest BCUT2D eigenvalue weighted by molar-refractivity contribution is -0.140. The predicted octanol–water partition coefficient (Wildman–Crippen LogP) is 2.57. The Hall–Kier alpha value is -1.01. The lowest BCUT2D eigenvalue weighted by Gasteiger charge is -2.23. The van der Waals surface area contributed by atoms with E-state index in [-0.39, 0.29) is 18.1 Å². The summed E-state index contributed by atoms with van der Waals surface area (Å²) in [7, 11) is 0. The fraction of sp³-hybridized carbons (Fsp3) is 0.615. The molecule has 2 aliphatic heterocycles. The smallest absolute Gasteiger partial charge is 0.369 e. The summed E-state index contributed by atoms with van der Waals surface area (Å²) in [6, 6.07) is 3.10. The number of nitrogens with one attached hydrogen (secondary N) is 1. The molecule has 7 heteroatoms. The number of anilines is 1. The zero-order chi connectivity index (χ0) is 13.5. The summed E-state index contributed by atoms with van der Waals surface area (Å²) in [6.45, 7) is 3.27. The molecule has 20 heavy (non-hydrogen) atoms. The molecule has 1 aromatic heterocycles. The van der Waals surface area contributed by atoms with Crippen LogP contribution in [0, 0.1) is 11.8 Å². The Morgan fingerprint density at radius 2 is 2.00 bits per heavy atom. The van der Waals surface area contributed by atoms with Gasteiger partial charge in [-0.15, -0.1) is 12.4 Å². The Bertz CT molecular complexity index is 452. The summed E-state index contributed by atoms with van der Waals surface area (Å²) in [5.74, 6) is 0.956. The minimum absolute atomic E-state index is 0. The molecular weight excluding hydrogens is 291 g/mol. The monoisotopic (exact) mass is 307 g/mol. The second kappa shape index (κ2) is 5.77. The molecule has 1 aromatic rings. The number of pyridine rings is 1. The molecule has 0 unspecified atom stereocenters. The summed E-state index contributed by atoms with van der Waals surface area (Å²) in [5.41, 5.74) is -0.536. The molecule has 0 aliphatic carbocycles. The van der Waals surface area contributed by atoms with Gasteiger partial charge in [-0.3, -0.25) is 0 Å². The molecule has 3 rings (SSSR count). The SMILES string of the molecule is Cl.FC(F)(F)c1ncccc1N1C[C@H]2CNCC[C@H]2C1. The molecular formula is C13H17ClF3N3. The van der Waals surface area contributed by atoms with Crippen molar-refractivity contribution < 1.29 is 13.2 Å². The Balaban J connectivity index is 0.00000147. The molecule has 2 aliphatic rings. The summed E-state index contributed by atoms with van der Waals surface area (Å²) < 4.78 is 38.9. The van der Waals surface area contributed by atoms with Crippen molar-refractivity contribution in [1.82, 2.24) is 10.3 Å². The van der Waals surface area contributed by atoms with E-state index in [1.807, 2.05) is 4.90 Å². The molecule has 1 N–H and O–H groups in total. The maximum Gasteiger partial charge on any atom is 0.435 e. The van der Waals surface area contributed by atoms with E-state index in [4.69, 9.17) is 0 Å². The fourth-order valence-electron chi connectivity index (χ4n) is 3.14. The van der Waals surface area contributed by atoms with Crippen LogP contribution < -0.4 is 10.2 Å². The van der Waals surface area contributed by atoms with Gasteiger partial charge in [0, 0.05) is 19.3 Å². The molecule has 112 valence electrons. The van der Waals surface area contributed by atoms with Crippen LogP contribution in [0.15, 0.2) is 18.3 Å². The van der Waals surface area contributed by atoms with Crippen molar-refractivity contribution in [3.8, 4) is 0 Å². The molecule has 2 fully saturated rings. The Morgan fingerprint density at radius 1 is 1.25 bits per heavy atom. The third-order valence-electron chi connectivity index (χ3n) is 4.07. The van der Waals surface area contributed by atoms with E-state index in [0.717, 1.165) is 19.5 Å². The van der Waals surface area contributed by atoms with Crippen molar-refractivity contribution in [1.29, 1.82) is 0 Å². The molecule has 0 radical (unpaired) electrons. The Morgan fingerprint density at radius 3 is 2.70 bits per heavy atom. The van der Waals surface area contributed by atoms with Crippen molar-refractivity contribution in [2.24, 2.45) is 11.8 Å². The van der Waals surface area contributed by atoms with Crippen LogP contribution >= 0.6 is 12.4 Å². The number of hydrogen-bond acceptors (Lipinski definition) is 3. The lowest BCUT2D eigenvalue weighted by Crippen LogP contribution is -2.35. The van der Waals surface area contributed by atoms with Crippen LogP contribution in [0.2, 0.25) is 0 Å². The number of nitrogens with zero attached hydrogens (tertiary/aromatic N) is 2. The van der Waals surface area contributed by atoms with Crippen LogP contribution in [0.25, 0.3) is 0 Å². The van der Waals surface area contributed by atoms with Crippen LogP contribution in [0.5, 0.6) is 0 Å². The number of piperidine rings is 1.